The zero-order chi connectivity index (χ0) is 45.5. The highest BCUT2D eigenvalue weighted by molar-refractivity contribution is 6.21. The van der Waals surface area contributed by atoms with Gasteiger partial charge in [0, 0.05) is 34.1 Å². The van der Waals surface area contributed by atoms with E-state index in [-0.39, 0.29) is 0 Å². The van der Waals surface area contributed by atoms with Gasteiger partial charge in [0.2, 0.25) is 0 Å². The monoisotopic (exact) mass is 868 g/mol. The Labute approximate surface area is 399 Å². The molecule has 0 spiro atoms. The van der Waals surface area contributed by atoms with Crippen LogP contribution in [0, 0.1) is 0 Å². The largest absolute Gasteiger partial charge is 0.311 e. The summed E-state index contributed by atoms with van der Waals surface area (Å²) in [5.41, 5.74) is 16.1. The van der Waals surface area contributed by atoms with Gasteiger partial charge in [-0.2, -0.15) is 0 Å². The Morgan fingerprint density at radius 2 is 0.412 bits per heavy atom. The number of hydrogen-bond acceptors (Lipinski definition) is 2. The molecule has 0 radical (unpaired) electrons. The van der Waals surface area contributed by atoms with Crippen molar-refractivity contribution in [3.63, 3.8) is 0 Å². The van der Waals surface area contributed by atoms with Crippen molar-refractivity contribution in [2.45, 2.75) is 0 Å². The Hall–Kier alpha value is -8.98. The summed E-state index contributed by atoms with van der Waals surface area (Å²) in [5, 5.41) is 4.91. The Morgan fingerprint density at radius 3 is 0.706 bits per heavy atom. The number of para-hydroxylation sites is 2. The van der Waals surface area contributed by atoms with Crippen LogP contribution in [0.15, 0.2) is 267 Å². The third-order valence-corrected chi connectivity index (χ3v) is 12.6. The molecular formula is C66H48N2. The summed E-state index contributed by atoms with van der Waals surface area (Å²) in [7, 11) is 0. The van der Waals surface area contributed by atoms with Crippen LogP contribution >= 0.6 is 0 Å². The third-order valence-electron chi connectivity index (χ3n) is 12.6. The van der Waals surface area contributed by atoms with Gasteiger partial charge in [-0.15, -0.1) is 0 Å². The van der Waals surface area contributed by atoms with Crippen molar-refractivity contribution in [3.05, 3.63) is 289 Å². The van der Waals surface area contributed by atoms with Gasteiger partial charge in [0.05, 0.1) is 0 Å². The summed E-state index contributed by atoms with van der Waals surface area (Å²) < 4.78 is 0. The fourth-order valence-corrected chi connectivity index (χ4v) is 9.34. The molecule has 0 fully saturated rings. The smallest absolute Gasteiger partial charge is 0.0462 e. The van der Waals surface area contributed by atoms with Crippen LogP contribution in [0.4, 0.5) is 34.1 Å². The number of anilines is 6. The van der Waals surface area contributed by atoms with Crippen molar-refractivity contribution in [1.29, 1.82) is 0 Å². The summed E-state index contributed by atoms with van der Waals surface area (Å²) >= 11 is 0. The number of nitrogens with zero attached hydrogens (tertiary/aromatic N) is 2. The molecule has 0 amide bonds. The average Bonchev–Trinajstić information content (AvgIpc) is 3.41. The average molecular weight is 869 g/mol. The van der Waals surface area contributed by atoms with Crippen molar-refractivity contribution in [2.24, 2.45) is 0 Å². The molecule has 11 rings (SSSR count). The minimum absolute atomic E-state index is 1.10. The van der Waals surface area contributed by atoms with Gasteiger partial charge >= 0.3 is 0 Å². The van der Waals surface area contributed by atoms with Crippen molar-refractivity contribution >= 4 is 80.0 Å². The number of hydrogen-bond donors (Lipinski definition) is 0. The lowest BCUT2D eigenvalue weighted by Gasteiger charge is -2.26. The lowest BCUT2D eigenvalue weighted by Crippen LogP contribution is -2.09. The second kappa shape index (κ2) is 19.2. The molecule has 0 saturated heterocycles. The molecule has 0 aliphatic heterocycles. The van der Waals surface area contributed by atoms with Crippen LogP contribution in [0.1, 0.15) is 22.3 Å². The van der Waals surface area contributed by atoms with Gasteiger partial charge in [0.15, 0.2) is 0 Å². The van der Waals surface area contributed by atoms with Crippen molar-refractivity contribution in [3.8, 4) is 22.3 Å². The number of benzene rings is 11. The molecule has 0 bridgehead atoms. The summed E-state index contributed by atoms with van der Waals surface area (Å²) in [6.07, 6.45) is 8.66. The maximum absolute atomic E-state index is 2.33. The highest BCUT2D eigenvalue weighted by Crippen LogP contribution is 2.45. The van der Waals surface area contributed by atoms with E-state index in [1.807, 2.05) is 12.1 Å². The fourth-order valence-electron chi connectivity index (χ4n) is 9.34. The van der Waals surface area contributed by atoms with Gasteiger partial charge in [-0.1, -0.05) is 218 Å². The molecule has 68 heavy (non-hydrogen) atoms. The van der Waals surface area contributed by atoms with Crippen LogP contribution in [0.5, 0.6) is 0 Å². The van der Waals surface area contributed by atoms with E-state index in [0.29, 0.717) is 0 Å². The zero-order valence-corrected chi connectivity index (χ0v) is 37.6. The van der Waals surface area contributed by atoms with Crippen molar-refractivity contribution < 1.29 is 0 Å². The van der Waals surface area contributed by atoms with Crippen LogP contribution in [0.25, 0.3) is 68.1 Å². The van der Waals surface area contributed by atoms with E-state index in [1.165, 1.54) is 54.9 Å². The predicted octanol–water partition coefficient (Wildman–Crippen LogP) is 18.6. The molecule has 0 aromatic heterocycles. The minimum atomic E-state index is 1.10. The molecule has 11 aromatic carbocycles. The lowest BCUT2D eigenvalue weighted by molar-refractivity contribution is 1.28. The first-order chi connectivity index (χ1) is 33.7. The summed E-state index contributed by atoms with van der Waals surface area (Å²) in [6.45, 7) is 0. The van der Waals surface area contributed by atoms with Crippen LogP contribution in [0.3, 0.4) is 0 Å². The highest BCUT2D eigenvalue weighted by atomic mass is 15.1. The topological polar surface area (TPSA) is 6.48 Å². The SMILES string of the molecule is C(=Cc1ccc(N(c2ccccc2)c2ccc(-c3c4ccccc4c(-c4ccc(N(c5ccccc5)c5ccc(C=Cc6ccccc6)cc5)cc4)c4ccccc34)cc2)cc1)c1ccccc1. The van der Waals surface area contributed by atoms with Crippen LogP contribution in [-0.2, 0) is 0 Å². The van der Waals surface area contributed by atoms with E-state index in [0.717, 1.165) is 45.3 Å². The highest BCUT2D eigenvalue weighted by Gasteiger charge is 2.19. The van der Waals surface area contributed by atoms with E-state index in [2.05, 4.69) is 289 Å². The van der Waals surface area contributed by atoms with Gasteiger partial charge in [-0.25, -0.2) is 0 Å². The minimum Gasteiger partial charge on any atom is -0.311 e. The summed E-state index contributed by atoms with van der Waals surface area (Å²) in [6, 6.07) is 95.7. The molecular weight excluding hydrogens is 821 g/mol. The fraction of sp³-hybridized carbons (Fsp3) is 0. The van der Waals surface area contributed by atoms with Gasteiger partial charge < -0.3 is 9.80 Å². The van der Waals surface area contributed by atoms with E-state index >= 15 is 0 Å². The maximum atomic E-state index is 2.33. The molecule has 0 aliphatic carbocycles. The second-order valence-corrected chi connectivity index (χ2v) is 16.9. The van der Waals surface area contributed by atoms with Crippen LogP contribution < -0.4 is 9.80 Å². The third kappa shape index (κ3) is 8.75. The standard InChI is InChI=1S/C66H48N2/c1-5-17-49(18-6-1)29-31-51-33-41-57(42-34-51)67(55-21-9-3-10-22-55)59-45-37-53(38-46-59)65-61-25-13-15-27-63(61)66(64-28-16-14-26-62(64)65)54-39-47-60(48-40-54)68(56-23-11-4-12-24-56)58-43-35-52(36-44-58)32-30-50-19-7-2-8-20-50/h1-48H. The first-order valence-electron chi connectivity index (χ1n) is 23.2. The van der Waals surface area contributed by atoms with Gasteiger partial charge in [0.1, 0.15) is 0 Å². The number of rotatable bonds is 12. The molecule has 0 aliphatic rings. The summed E-state index contributed by atoms with van der Waals surface area (Å²) in [5.74, 6) is 0. The maximum Gasteiger partial charge on any atom is 0.0462 e. The molecule has 0 atom stereocenters. The Bertz CT molecular complexity index is 3200. The molecule has 0 saturated carbocycles. The first kappa shape index (κ1) is 41.7. The first-order valence-corrected chi connectivity index (χ1v) is 23.2. The second-order valence-electron chi connectivity index (χ2n) is 16.9. The van der Waals surface area contributed by atoms with Gasteiger partial charge in [0.25, 0.3) is 0 Å². The summed E-state index contributed by atoms with van der Waals surface area (Å²) in [4.78, 5) is 4.66. The van der Waals surface area contributed by atoms with Crippen LogP contribution in [0.2, 0.25) is 0 Å². The van der Waals surface area contributed by atoms with Gasteiger partial charge in [-0.05, 0) is 139 Å². The van der Waals surface area contributed by atoms with Crippen molar-refractivity contribution in [2.75, 3.05) is 9.80 Å². The molecule has 0 heterocycles. The zero-order valence-electron chi connectivity index (χ0n) is 37.6. The predicted molar refractivity (Wildman–Crippen MR) is 292 cm³/mol. The number of fused-ring (bicyclic) bond motifs is 2. The van der Waals surface area contributed by atoms with E-state index in [9.17, 15) is 0 Å². The van der Waals surface area contributed by atoms with E-state index in [1.54, 1.807) is 0 Å². The Balaban J connectivity index is 0.937. The molecule has 2 nitrogen and oxygen atoms in total. The van der Waals surface area contributed by atoms with E-state index in [4.69, 9.17) is 0 Å². The Kier molecular flexibility index (Phi) is 11.8. The Morgan fingerprint density at radius 1 is 0.191 bits per heavy atom. The lowest BCUT2D eigenvalue weighted by atomic mass is 9.86. The quantitative estimate of drug-likeness (QED) is 0.0892. The van der Waals surface area contributed by atoms with Crippen molar-refractivity contribution in [1.82, 2.24) is 0 Å². The van der Waals surface area contributed by atoms with Crippen LogP contribution in [-0.4, -0.2) is 0 Å². The molecule has 11 aromatic rings. The van der Waals surface area contributed by atoms with Gasteiger partial charge in [-0.3, -0.25) is 0 Å². The van der Waals surface area contributed by atoms with E-state index < -0.39 is 0 Å². The molecule has 2 heteroatoms. The normalized spacial score (nSPS) is 11.4. The molecule has 322 valence electrons. The molecule has 0 N–H and O–H groups in total. The molecule has 0 unspecified atom stereocenters.